The zero-order chi connectivity index (χ0) is 16.8. The Labute approximate surface area is 137 Å². The van der Waals surface area contributed by atoms with Gasteiger partial charge in [0.2, 0.25) is 0 Å². The predicted molar refractivity (Wildman–Crippen MR) is 91.7 cm³/mol. The van der Waals surface area contributed by atoms with E-state index in [9.17, 15) is 9.59 Å². The van der Waals surface area contributed by atoms with Gasteiger partial charge in [-0.2, -0.15) is 0 Å². The summed E-state index contributed by atoms with van der Waals surface area (Å²) >= 11 is 0. The fourth-order valence-corrected chi connectivity index (χ4v) is 2.84. The summed E-state index contributed by atoms with van der Waals surface area (Å²) in [4.78, 5) is 26.2. The van der Waals surface area contributed by atoms with Gasteiger partial charge in [0.05, 0.1) is 0 Å². The number of likely N-dealkylation sites (tertiary alicyclic amines) is 1. The van der Waals surface area contributed by atoms with E-state index in [0.29, 0.717) is 11.3 Å². The molecule has 0 bridgehead atoms. The molecule has 6 heteroatoms. The van der Waals surface area contributed by atoms with Gasteiger partial charge in [-0.15, -0.1) is 0 Å². The zero-order valence-electron chi connectivity index (χ0n) is 14.1. The third-order valence-corrected chi connectivity index (χ3v) is 3.89. The van der Waals surface area contributed by atoms with Crippen molar-refractivity contribution < 1.29 is 9.59 Å². The first-order chi connectivity index (χ1) is 11.0. The molecule has 126 valence electrons. The van der Waals surface area contributed by atoms with Crippen LogP contribution < -0.4 is 16.0 Å². The van der Waals surface area contributed by atoms with Crippen molar-refractivity contribution >= 4 is 17.6 Å². The van der Waals surface area contributed by atoms with Crippen molar-refractivity contribution in [2.24, 2.45) is 0 Å². The Hall–Kier alpha value is -2.08. The van der Waals surface area contributed by atoms with Crippen LogP contribution in [-0.4, -0.2) is 49.1 Å². The molecule has 0 aliphatic carbocycles. The van der Waals surface area contributed by atoms with Crippen molar-refractivity contribution in [3.05, 3.63) is 29.8 Å². The van der Waals surface area contributed by atoms with Crippen LogP contribution >= 0.6 is 0 Å². The Morgan fingerprint density at radius 2 is 1.96 bits per heavy atom. The summed E-state index contributed by atoms with van der Waals surface area (Å²) in [6.07, 6.45) is 2.09. The molecule has 1 atom stereocenters. The molecule has 3 N–H and O–H groups in total. The number of amides is 3. The lowest BCUT2D eigenvalue weighted by Gasteiger charge is -2.24. The van der Waals surface area contributed by atoms with E-state index in [4.69, 9.17) is 0 Å². The van der Waals surface area contributed by atoms with Gasteiger partial charge in [0.25, 0.3) is 5.91 Å². The first kappa shape index (κ1) is 17.3. The van der Waals surface area contributed by atoms with E-state index in [-0.39, 0.29) is 24.0 Å². The number of anilines is 1. The summed E-state index contributed by atoms with van der Waals surface area (Å²) in [7, 11) is 1.91. The summed E-state index contributed by atoms with van der Waals surface area (Å²) in [5, 5.41) is 8.66. The molecule has 0 spiro atoms. The topological polar surface area (TPSA) is 73.5 Å². The molecule has 1 aliphatic rings. The molecule has 3 amide bonds. The van der Waals surface area contributed by atoms with Crippen molar-refractivity contribution in [3.63, 3.8) is 0 Å². The number of urea groups is 1. The van der Waals surface area contributed by atoms with Gasteiger partial charge in [-0.25, -0.2) is 4.79 Å². The molecule has 1 aromatic rings. The number of nitrogens with zero attached hydrogens (tertiary/aromatic N) is 1. The fraction of sp³-hybridized carbons (Fsp3) is 0.529. The van der Waals surface area contributed by atoms with Crippen LogP contribution in [0.25, 0.3) is 0 Å². The molecule has 1 heterocycles. The Bertz CT molecular complexity index is 542. The highest BCUT2D eigenvalue weighted by molar-refractivity contribution is 5.96. The quantitative estimate of drug-likeness (QED) is 0.778. The van der Waals surface area contributed by atoms with Gasteiger partial charge < -0.3 is 20.9 Å². The second-order valence-corrected chi connectivity index (χ2v) is 6.18. The summed E-state index contributed by atoms with van der Waals surface area (Å²) < 4.78 is 0. The lowest BCUT2D eigenvalue weighted by molar-refractivity contribution is 0.0737. The third kappa shape index (κ3) is 4.69. The van der Waals surface area contributed by atoms with E-state index < -0.39 is 0 Å². The molecule has 1 aliphatic heterocycles. The van der Waals surface area contributed by atoms with Crippen LogP contribution in [0.3, 0.4) is 0 Å². The Kier molecular flexibility index (Phi) is 5.98. The van der Waals surface area contributed by atoms with E-state index in [2.05, 4.69) is 16.0 Å². The molecule has 0 radical (unpaired) electrons. The Morgan fingerprint density at radius 3 is 2.57 bits per heavy atom. The first-order valence-electron chi connectivity index (χ1n) is 8.14. The standard InChI is InChI=1S/C17H26N4O2/c1-12(2)19-17(23)20-14-8-6-13(7-9-14)16(22)21-10-4-5-15(21)11-18-3/h6-9,12,15,18H,4-5,10-11H2,1-3H3,(H2,19,20,23). The van der Waals surface area contributed by atoms with Crippen LogP contribution in [0.2, 0.25) is 0 Å². The monoisotopic (exact) mass is 318 g/mol. The van der Waals surface area contributed by atoms with E-state index in [1.807, 2.05) is 25.8 Å². The number of carbonyl (C=O) groups excluding carboxylic acids is 2. The zero-order valence-corrected chi connectivity index (χ0v) is 14.1. The average Bonchev–Trinajstić information content (AvgIpc) is 2.95. The third-order valence-electron chi connectivity index (χ3n) is 3.89. The van der Waals surface area contributed by atoms with Crippen LogP contribution in [0.5, 0.6) is 0 Å². The van der Waals surface area contributed by atoms with Gasteiger partial charge in [0.1, 0.15) is 0 Å². The molecular formula is C17H26N4O2. The van der Waals surface area contributed by atoms with Gasteiger partial charge in [-0.05, 0) is 58.0 Å². The number of nitrogens with one attached hydrogen (secondary N) is 3. The van der Waals surface area contributed by atoms with Crippen LogP contribution in [0.1, 0.15) is 37.0 Å². The molecule has 6 nitrogen and oxygen atoms in total. The van der Waals surface area contributed by atoms with Crippen molar-refractivity contribution in [2.75, 3.05) is 25.5 Å². The first-order valence-corrected chi connectivity index (χ1v) is 8.14. The average molecular weight is 318 g/mol. The number of benzene rings is 1. The lowest BCUT2D eigenvalue weighted by Crippen LogP contribution is -2.40. The minimum absolute atomic E-state index is 0.0564. The summed E-state index contributed by atoms with van der Waals surface area (Å²) in [5.41, 5.74) is 1.33. The SMILES string of the molecule is CNCC1CCCN1C(=O)c1ccc(NC(=O)NC(C)C)cc1. The fourth-order valence-electron chi connectivity index (χ4n) is 2.84. The van der Waals surface area contributed by atoms with Crippen LogP contribution in [-0.2, 0) is 0 Å². The molecule has 0 saturated carbocycles. The molecule has 1 saturated heterocycles. The smallest absolute Gasteiger partial charge is 0.319 e. The van der Waals surface area contributed by atoms with Crippen molar-refractivity contribution in [3.8, 4) is 0 Å². The van der Waals surface area contributed by atoms with Crippen LogP contribution in [0, 0.1) is 0 Å². The van der Waals surface area contributed by atoms with E-state index in [1.54, 1.807) is 24.3 Å². The number of carbonyl (C=O) groups is 2. The highest BCUT2D eigenvalue weighted by Gasteiger charge is 2.28. The van der Waals surface area contributed by atoms with Gasteiger partial charge in [0, 0.05) is 36.4 Å². The molecule has 1 fully saturated rings. The number of hydrogen-bond donors (Lipinski definition) is 3. The second kappa shape index (κ2) is 7.97. The molecular weight excluding hydrogens is 292 g/mol. The van der Waals surface area contributed by atoms with Gasteiger partial charge in [-0.1, -0.05) is 0 Å². The normalized spacial score (nSPS) is 17.4. The minimum Gasteiger partial charge on any atom is -0.336 e. The van der Waals surface area contributed by atoms with E-state index in [0.717, 1.165) is 25.9 Å². The number of rotatable bonds is 5. The van der Waals surface area contributed by atoms with Gasteiger partial charge in [0.15, 0.2) is 0 Å². The molecule has 0 aromatic heterocycles. The van der Waals surface area contributed by atoms with Crippen LogP contribution in [0.4, 0.5) is 10.5 Å². The van der Waals surface area contributed by atoms with Gasteiger partial charge in [-0.3, -0.25) is 4.79 Å². The number of hydrogen-bond acceptors (Lipinski definition) is 3. The maximum Gasteiger partial charge on any atom is 0.319 e. The van der Waals surface area contributed by atoms with E-state index >= 15 is 0 Å². The maximum absolute atomic E-state index is 12.6. The maximum atomic E-state index is 12.6. The summed E-state index contributed by atoms with van der Waals surface area (Å²) in [6, 6.07) is 7.15. The van der Waals surface area contributed by atoms with E-state index in [1.165, 1.54) is 0 Å². The van der Waals surface area contributed by atoms with Crippen molar-refractivity contribution in [1.29, 1.82) is 0 Å². The molecule has 2 rings (SSSR count). The van der Waals surface area contributed by atoms with Crippen molar-refractivity contribution in [2.45, 2.75) is 38.8 Å². The Balaban J connectivity index is 1.98. The highest BCUT2D eigenvalue weighted by Crippen LogP contribution is 2.20. The summed E-state index contributed by atoms with van der Waals surface area (Å²) in [5.74, 6) is 0.0564. The van der Waals surface area contributed by atoms with Crippen molar-refractivity contribution in [1.82, 2.24) is 15.5 Å². The van der Waals surface area contributed by atoms with Crippen LogP contribution in [0.15, 0.2) is 24.3 Å². The molecule has 1 aromatic carbocycles. The molecule has 23 heavy (non-hydrogen) atoms. The van der Waals surface area contributed by atoms with Gasteiger partial charge >= 0.3 is 6.03 Å². The Morgan fingerprint density at radius 1 is 1.26 bits per heavy atom. The summed E-state index contributed by atoms with van der Waals surface area (Å²) in [6.45, 7) is 5.43. The molecule has 1 unspecified atom stereocenters. The predicted octanol–water partition coefficient (Wildman–Crippen LogP) is 2.04. The minimum atomic E-state index is -0.243. The largest absolute Gasteiger partial charge is 0.336 e. The number of likely N-dealkylation sites (N-methyl/N-ethyl adjacent to an activating group) is 1. The highest BCUT2D eigenvalue weighted by atomic mass is 16.2. The lowest BCUT2D eigenvalue weighted by atomic mass is 10.1. The second-order valence-electron chi connectivity index (χ2n) is 6.18.